The van der Waals surface area contributed by atoms with Crippen LogP contribution >= 0.6 is 11.3 Å². The summed E-state index contributed by atoms with van der Waals surface area (Å²) in [5, 5.41) is 12.8. The van der Waals surface area contributed by atoms with Crippen LogP contribution in [-0.4, -0.2) is 58.9 Å². The van der Waals surface area contributed by atoms with Crippen LogP contribution in [0.2, 0.25) is 0 Å². The van der Waals surface area contributed by atoms with Gasteiger partial charge in [0.1, 0.15) is 0 Å². The zero-order valence-corrected chi connectivity index (χ0v) is 13.4. The van der Waals surface area contributed by atoms with E-state index in [0.717, 1.165) is 0 Å². The molecule has 2 heterocycles. The molecule has 0 aromatic carbocycles. The van der Waals surface area contributed by atoms with Gasteiger partial charge >= 0.3 is 5.97 Å². The maximum atomic E-state index is 12.5. The maximum Gasteiger partial charge on any atom is 0.311 e. The van der Waals surface area contributed by atoms with Crippen molar-refractivity contribution in [3.63, 3.8) is 0 Å². The summed E-state index contributed by atoms with van der Waals surface area (Å²) < 4.78 is 0. The van der Waals surface area contributed by atoms with Gasteiger partial charge in [0.25, 0.3) is 5.91 Å². The number of hydrogen-bond donors (Lipinski definition) is 1. The fourth-order valence-corrected chi connectivity index (χ4v) is 3.56. The topological polar surface area (TPSA) is 77.9 Å². The van der Waals surface area contributed by atoms with Crippen molar-refractivity contribution in [2.75, 3.05) is 26.2 Å². The first kappa shape index (κ1) is 15.7. The van der Waals surface area contributed by atoms with Crippen molar-refractivity contribution < 1.29 is 19.5 Å². The number of carboxylic acids is 1. The van der Waals surface area contributed by atoms with E-state index in [2.05, 4.69) is 0 Å². The quantitative estimate of drug-likeness (QED) is 0.846. The van der Waals surface area contributed by atoms with Gasteiger partial charge in [-0.2, -0.15) is 11.3 Å². The highest BCUT2D eigenvalue weighted by Crippen LogP contribution is 2.28. The molecule has 2 amide bonds. The summed E-state index contributed by atoms with van der Waals surface area (Å²) in [7, 11) is 0. The Morgan fingerprint density at radius 2 is 1.74 bits per heavy atom. The summed E-state index contributed by atoms with van der Waals surface area (Å²) in [6.07, 6.45) is 3.91. The number of carboxylic acid groups (broad SMARTS) is 1. The van der Waals surface area contributed by atoms with Crippen LogP contribution in [0.5, 0.6) is 0 Å². The first-order chi connectivity index (χ1) is 11.1. The van der Waals surface area contributed by atoms with Gasteiger partial charge in [-0.05, 0) is 17.9 Å². The zero-order chi connectivity index (χ0) is 16.4. The highest BCUT2D eigenvalue weighted by molar-refractivity contribution is 7.08. The molecule has 1 aromatic rings. The molecule has 122 valence electrons. The van der Waals surface area contributed by atoms with Crippen molar-refractivity contribution in [3.05, 3.63) is 34.5 Å². The number of rotatable bonds is 3. The van der Waals surface area contributed by atoms with Crippen LogP contribution in [0.3, 0.4) is 0 Å². The molecular formula is C16H18N2O4S. The highest BCUT2D eigenvalue weighted by atomic mass is 32.1. The van der Waals surface area contributed by atoms with Gasteiger partial charge in [0.2, 0.25) is 5.91 Å². The normalized spacial score (nSPS) is 24.0. The Hall–Kier alpha value is -2.15. The molecule has 2 aliphatic rings. The van der Waals surface area contributed by atoms with Gasteiger partial charge in [-0.3, -0.25) is 14.4 Å². The predicted octanol–water partition coefficient (Wildman–Crippen LogP) is 1.31. The number of hydrogen-bond acceptors (Lipinski definition) is 4. The Labute approximate surface area is 138 Å². The van der Waals surface area contributed by atoms with Crippen LogP contribution in [-0.2, 0) is 9.59 Å². The van der Waals surface area contributed by atoms with Crippen LogP contribution in [0.15, 0.2) is 29.0 Å². The molecule has 2 atom stereocenters. The molecule has 1 aromatic heterocycles. The first-order valence-corrected chi connectivity index (χ1v) is 8.53. The van der Waals surface area contributed by atoms with Gasteiger partial charge in [0.05, 0.1) is 17.4 Å². The lowest BCUT2D eigenvalue weighted by Crippen LogP contribution is -2.44. The maximum absolute atomic E-state index is 12.5. The Balaban J connectivity index is 1.60. The summed E-state index contributed by atoms with van der Waals surface area (Å²) >= 11 is 1.48. The van der Waals surface area contributed by atoms with Crippen LogP contribution in [0.25, 0.3) is 0 Å². The summed E-state index contributed by atoms with van der Waals surface area (Å²) in [5.74, 6) is -2.40. The molecule has 6 nitrogen and oxygen atoms in total. The Kier molecular flexibility index (Phi) is 4.47. The third-order valence-corrected chi connectivity index (χ3v) is 5.03. The average Bonchev–Trinajstić information content (AvgIpc) is 2.89. The molecule has 3 rings (SSSR count). The molecule has 0 saturated carbocycles. The predicted molar refractivity (Wildman–Crippen MR) is 85.2 cm³/mol. The van der Waals surface area contributed by atoms with Crippen molar-refractivity contribution in [3.8, 4) is 0 Å². The summed E-state index contributed by atoms with van der Waals surface area (Å²) in [6.45, 7) is 2.10. The molecule has 0 radical (unpaired) electrons. The van der Waals surface area contributed by atoms with E-state index in [1.807, 2.05) is 10.8 Å². The van der Waals surface area contributed by atoms with Gasteiger partial charge in [-0.25, -0.2) is 0 Å². The second kappa shape index (κ2) is 6.54. The minimum Gasteiger partial charge on any atom is -0.481 e. The van der Waals surface area contributed by atoms with Gasteiger partial charge in [0, 0.05) is 31.6 Å². The summed E-state index contributed by atoms with van der Waals surface area (Å²) in [5.41, 5.74) is 0.683. The largest absolute Gasteiger partial charge is 0.481 e. The average molecular weight is 334 g/mol. The number of thiophene rings is 1. The van der Waals surface area contributed by atoms with Gasteiger partial charge in [-0.15, -0.1) is 0 Å². The molecule has 0 spiro atoms. The molecule has 1 fully saturated rings. The van der Waals surface area contributed by atoms with Crippen LogP contribution in [0.1, 0.15) is 16.8 Å². The van der Waals surface area contributed by atoms with E-state index in [0.29, 0.717) is 38.2 Å². The van der Waals surface area contributed by atoms with E-state index in [-0.39, 0.29) is 11.8 Å². The van der Waals surface area contributed by atoms with Gasteiger partial charge in [-0.1, -0.05) is 12.2 Å². The lowest BCUT2D eigenvalue weighted by molar-refractivity contribution is -0.148. The van der Waals surface area contributed by atoms with E-state index in [9.17, 15) is 14.4 Å². The smallest absolute Gasteiger partial charge is 0.311 e. The van der Waals surface area contributed by atoms with Crippen LogP contribution in [0.4, 0.5) is 0 Å². The van der Waals surface area contributed by atoms with E-state index >= 15 is 0 Å². The van der Waals surface area contributed by atoms with Gasteiger partial charge < -0.3 is 14.9 Å². The minimum atomic E-state index is -0.963. The fourth-order valence-electron chi connectivity index (χ4n) is 2.93. The molecule has 23 heavy (non-hydrogen) atoms. The summed E-state index contributed by atoms with van der Waals surface area (Å²) in [6, 6.07) is 1.80. The van der Waals surface area contributed by atoms with Crippen LogP contribution < -0.4 is 0 Å². The molecule has 1 aliphatic heterocycles. The third kappa shape index (κ3) is 3.14. The van der Waals surface area contributed by atoms with Crippen LogP contribution in [0, 0.1) is 11.8 Å². The molecular weight excluding hydrogens is 316 g/mol. The molecule has 0 bridgehead atoms. The Bertz CT molecular complexity index is 641. The van der Waals surface area contributed by atoms with E-state index in [4.69, 9.17) is 5.11 Å². The fraction of sp³-hybridized carbons (Fsp3) is 0.438. The second-order valence-electron chi connectivity index (χ2n) is 5.76. The van der Waals surface area contributed by atoms with E-state index < -0.39 is 17.8 Å². The molecule has 1 saturated heterocycles. The molecule has 0 unspecified atom stereocenters. The van der Waals surface area contributed by atoms with E-state index in [1.54, 1.807) is 28.0 Å². The van der Waals surface area contributed by atoms with Crippen molar-refractivity contribution in [2.24, 2.45) is 11.8 Å². The third-order valence-electron chi connectivity index (χ3n) is 4.35. The monoisotopic (exact) mass is 334 g/mol. The van der Waals surface area contributed by atoms with E-state index in [1.165, 1.54) is 11.3 Å². The lowest BCUT2D eigenvalue weighted by atomic mass is 9.81. The number of nitrogens with zero attached hydrogens (tertiary/aromatic N) is 2. The van der Waals surface area contributed by atoms with Crippen molar-refractivity contribution in [2.45, 2.75) is 6.42 Å². The Morgan fingerprint density at radius 1 is 1.04 bits per heavy atom. The van der Waals surface area contributed by atoms with Crippen molar-refractivity contribution >= 4 is 29.1 Å². The molecule has 1 aliphatic carbocycles. The summed E-state index contributed by atoms with van der Waals surface area (Å²) in [4.78, 5) is 39.3. The second-order valence-corrected chi connectivity index (χ2v) is 6.54. The highest BCUT2D eigenvalue weighted by Gasteiger charge is 2.38. The van der Waals surface area contributed by atoms with Crippen molar-refractivity contribution in [1.82, 2.24) is 9.80 Å². The van der Waals surface area contributed by atoms with Crippen molar-refractivity contribution in [1.29, 1.82) is 0 Å². The molecule has 7 heteroatoms. The Morgan fingerprint density at radius 3 is 2.35 bits per heavy atom. The zero-order valence-electron chi connectivity index (χ0n) is 12.6. The SMILES string of the molecule is O=C(O)[C@@H]1C=C[C@@H]1C(=O)N1CCCN(C(=O)c2ccsc2)CC1. The lowest BCUT2D eigenvalue weighted by Gasteiger charge is -2.30. The first-order valence-electron chi connectivity index (χ1n) is 7.59. The molecule has 1 N–H and O–H groups in total. The number of amides is 2. The standard InChI is InChI=1S/C16H18N2O4S/c19-14(11-4-9-23-10-11)17-5-1-6-18(8-7-17)15(20)12-2-3-13(12)16(21)22/h2-4,9-10,12-13H,1,5-8H2,(H,21,22)/t12-,13+/m0/s1. The minimum absolute atomic E-state index is 0.00694. The number of carbonyl (C=O) groups excluding carboxylic acids is 2. The van der Waals surface area contributed by atoms with Gasteiger partial charge in [0.15, 0.2) is 0 Å². The number of aliphatic carboxylic acids is 1. The number of carbonyl (C=O) groups is 3.